The first-order chi connectivity index (χ1) is 21.0. The standard InChI is InChI=1S/C41H36FN/c1-27-20-30-22-31(21-27)41(26-28(30)2)38-19-10-9-18-35(38)37-24-36(29-12-11-13-32(42)23-29)40(25-39(37)41)43(33-14-5-3-6-15-33)34-16-7-4-8-17-34/h3-19,23-27,30-31H,20-22H2,1-2H3. The minimum Gasteiger partial charge on any atom is -0.310 e. The van der Waals surface area contributed by atoms with Crippen molar-refractivity contribution in [2.45, 2.75) is 38.5 Å². The summed E-state index contributed by atoms with van der Waals surface area (Å²) in [6, 6.07) is 42.1. The van der Waals surface area contributed by atoms with Crippen molar-refractivity contribution < 1.29 is 4.39 Å². The highest BCUT2D eigenvalue weighted by molar-refractivity contribution is 5.95. The number of rotatable bonds is 4. The van der Waals surface area contributed by atoms with Crippen molar-refractivity contribution >= 4 is 17.1 Å². The first kappa shape index (κ1) is 26.2. The van der Waals surface area contributed by atoms with Crippen molar-refractivity contribution in [3.05, 3.63) is 150 Å². The van der Waals surface area contributed by atoms with Crippen LogP contribution in [0.15, 0.2) is 133 Å². The second kappa shape index (κ2) is 10.1. The van der Waals surface area contributed by atoms with Gasteiger partial charge < -0.3 is 4.90 Å². The first-order valence-corrected chi connectivity index (χ1v) is 15.7. The molecule has 1 fully saturated rings. The summed E-state index contributed by atoms with van der Waals surface area (Å²) in [6.45, 7) is 4.81. The Hall–Kier alpha value is -4.43. The van der Waals surface area contributed by atoms with Gasteiger partial charge in [-0.05, 0) is 120 Å². The Morgan fingerprint density at radius 1 is 0.651 bits per heavy atom. The van der Waals surface area contributed by atoms with E-state index in [0.29, 0.717) is 17.8 Å². The van der Waals surface area contributed by atoms with Crippen LogP contribution in [-0.2, 0) is 5.41 Å². The SMILES string of the molecule is CC1=CC2(c3ccccc3-c3cc(-c4cccc(F)c4)c(N(c4ccccc4)c4ccccc4)cc32)C2CC(C)CC1C2. The van der Waals surface area contributed by atoms with E-state index < -0.39 is 0 Å². The lowest BCUT2D eigenvalue weighted by Gasteiger charge is -2.49. The highest BCUT2D eigenvalue weighted by Crippen LogP contribution is 2.62. The van der Waals surface area contributed by atoms with E-state index in [2.05, 4.69) is 122 Å². The van der Waals surface area contributed by atoms with Crippen LogP contribution < -0.4 is 4.90 Å². The molecule has 3 aliphatic carbocycles. The van der Waals surface area contributed by atoms with E-state index in [1.54, 1.807) is 6.07 Å². The molecular weight excluding hydrogens is 525 g/mol. The molecule has 5 aromatic carbocycles. The molecule has 0 N–H and O–H groups in total. The van der Waals surface area contributed by atoms with E-state index >= 15 is 0 Å². The zero-order valence-electron chi connectivity index (χ0n) is 24.8. The molecule has 212 valence electrons. The van der Waals surface area contributed by atoms with E-state index in [9.17, 15) is 4.39 Å². The topological polar surface area (TPSA) is 3.24 Å². The zero-order valence-corrected chi connectivity index (χ0v) is 24.8. The smallest absolute Gasteiger partial charge is 0.123 e. The van der Waals surface area contributed by atoms with Crippen molar-refractivity contribution in [2.24, 2.45) is 17.8 Å². The van der Waals surface area contributed by atoms with Crippen LogP contribution in [0, 0.1) is 23.6 Å². The average Bonchev–Trinajstić information content (AvgIpc) is 3.30. The Kier molecular flexibility index (Phi) is 6.15. The van der Waals surface area contributed by atoms with Gasteiger partial charge in [-0.25, -0.2) is 4.39 Å². The number of hydrogen-bond acceptors (Lipinski definition) is 1. The Labute approximate surface area is 254 Å². The third kappa shape index (κ3) is 4.11. The number of allylic oxidation sites excluding steroid dienone is 2. The van der Waals surface area contributed by atoms with Crippen molar-refractivity contribution in [3.8, 4) is 22.3 Å². The van der Waals surface area contributed by atoms with Crippen LogP contribution in [0.25, 0.3) is 22.3 Å². The third-order valence-corrected chi connectivity index (χ3v) is 10.3. The van der Waals surface area contributed by atoms with Crippen molar-refractivity contribution in [2.75, 3.05) is 4.90 Å². The van der Waals surface area contributed by atoms with E-state index in [1.807, 2.05) is 12.1 Å². The monoisotopic (exact) mass is 561 g/mol. The quantitative estimate of drug-likeness (QED) is 0.197. The molecule has 2 heteroatoms. The van der Waals surface area contributed by atoms with Crippen LogP contribution in [0.4, 0.5) is 21.5 Å². The minimum atomic E-state index is -0.222. The Morgan fingerprint density at radius 2 is 1.35 bits per heavy atom. The highest BCUT2D eigenvalue weighted by atomic mass is 19.1. The average molecular weight is 562 g/mol. The van der Waals surface area contributed by atoms with Gasteiger partial charge in [0.25, 0.3) is 0 Å². The number of nitrogens with zero attached hydrogens (tertiary/aromatic N) is 1. The van der Waals surface area contributed by atoms with Crippen LogP contribution in [-0.4, -0.2) is 0 Å². The van der Waals surface area contributed by atoms with Gasteiger partial charge in [0, 0.05) is 22.4 Å². The van der Waals surface area contributed by atoms with Crippen LogP contribution in [0.5, 0.6) is 0 Å². The van der Waals surface area contributed by atoms with E-state index in [0.717, 1.165) is 28.2 Å². The molecule has 8 rings (SSSR count). The molecule has 0 amide bonds. The Bertz CT molecular complexity index is 1820. The normalized spacial score (nSPS) is 23.4. The fourth-order valence-electron chi connectivity index (χ4n) is 8.57. The summed E-state index contributed by atoms with van der Waals surface area (Å²) in [6.07, 6.45) is 6.41. The number of para-hydroxylation sites is 2. The predicted octanol–water partition coefficient (Wildman–Crippen LogP) is 11.2. The number of anilines is 3. The maximum atomic E-state index is 14.8. The lowest BCUT2D eigenvalue weighted by Crippen LogP contribution is -2.42. The van der Waals surface area contributed by atoms with Crippen LogP contribution in [0.3, 0.4) is 0 Å². The van der Waals surface area contributed by atoms with Gasteiger partial charge in [0.2, 0.25) is 0 Å². The molecule has 4 unspecified atom stereocenters. The molecule has 0 aliphatic heterocycles. The van der Waals surface area contributed by atoms with Crippen molar-refractivity contribution in [1.82, 2.24) is 0 Å². The summed E-state index contributed by atoms with van der Waals surface area (Å²) in [5.74, 6) is 1.70. The van der Waals surface area contributed by atoms with Crippen LogP contribution >= 0.6 is 0 Å². The highest BCUT2D eigenvalue weighted by Gasteiger charge is 2.52. The van der Waals surface area contributed by atoms with E-state index in [4.69, 9.17) is 0 Å². The van der Waals surface area contributed by atoms with Crippen molar-refractivity contribution in [3.63, 3.8) is 0 Å². The fraction of sp³-hybridized carbons (Fsp3) is 0.220. The summed E-state index contributed by atoms with van der Waals surface area (Å²) in [5.41, 5.74) is 11.9. The predicted molar refractivity (Wildman–Crippen MR) is 176 cm³/mol. The lowest BCUT2D eigenvalue weighted by molar-refractivity contribution is 0.168. The first-order valence-electron chi connectivity index (χ1n) is 15.7. The maximum absolute atomic E-state index is 14.8. The summed E-state index contributed by atoms with van der Waals surface area (Å²) in [5, 5.41) is 0. The molecule has 5 aromatic rings. The summed E-state index contributed by atoms with van der Waals surface area (Å²) in [7, 11) is 0. The van der Waals surface area contributed by atoms with E-state index in [-0.39, 0.29) is 11.2 Å². The summed E-state index contributed by atoms with van der Waals surface area (Å²) in [4.78, 5) is 2.35. The number of benzene rings is 5. The number of halogens is 1. The van der Waals surface area contributed by atoms with Gasteiger partial charge in [0.15, 0.2) is 0 Å². The zero-order chi connectivity index (χ0) is 29.1. The molecule has 0 heterocycles. The molecule has 1 nitrogen and oxygen atoms in total. The minimum absolute atomic E-state index is 0.171. The lowest BCUT2D eigenvalue weighted by atomic mass is 9.55. The van der Waals surface area contributed by atoms with Gasteiger partial charge in [-0.15, -0.1) is 0 Å². The van der Waals surface area contributed by atoms with Gasteiger partial charge in [0.1, 0.15) is 5.82 Å². The molecule has 4 atom stereocenters. The Balaban J connectivity index is 1.47. The molecule has 2 bridgehead atoms. The molecule has 1 saturated carbocycles. The fourth-order valence-corrected chi connectivity index (χ4v) is 8.57. The largest absolute Gasteiger partial charge is 0.310 e. The van der Waals surface area contributed by atoms with Gasteiger partial charge in [-0.1, -0.05) is 91.4 Å². The van der Waals surface area contributed by atoms with Gasteiger partial charge >= 0.3 is 0 Å². The maximum Gasteiger partial charge on any atom is 0.123 e. The molecule has 0 radical (unpaired) electrons. The van der Waals surface area contributed by atoms with Crippen molar-refractivity contribution in [1.29, 1.82) is 0 Å². The molecule has 0 saturated heterocycles. The molecule has 0 aromatic heterocycles. The van der Waals surface area contributed by atoms with Gasteiger partial charge in [-0.2, -0.15) is 0 Å². The second-order valence-electron chi connectivity index (χ2n) is 12.9. The Morgan fingerprint density at radius 3 is 2.07 bits per heavy atom. The number of fused-ring (bicyclic) bond motifs is 8. The van der Waals surface area contributed by atoms with E-state index in [1.165, 1.54) is 53.2 Å². The van der Waals surface area contributed by atoms with Crippen LogP contribution in [0.2, 0.25) is 0 Å². The molecule has 1 spiro atoms. The molecule has 3 aliphatic rings. The molecular formula is C41H36FN. The van der Waals surface area contributed by atoms with Gasteiger partial charge in [-0.3, -0.25) is 0 Å². The molecule has 43 heavy (non-hydrogen) atoms. The summed E-state index contributed by atoms with van der Waals surface area (Å²) < 4.78 is 14.8. The van der Waals surface area contributed by atoms with Crippen LogP contribution in [0.1, 0.15) is 44.2 Å². The van der Waals surface area contributed by atoms with Gasteiger partial charge in [0.05, 0.1) is 5.69 Å². The third-order valence-electron chi connectivity index (χ3n) is 10.3. The second-order valence-corrected chi connectivity index (χ2v) is 12.9. The number of hydrogen-bond donors (Lipinski definition) is 0. The summed E-state index contributed by atoms with van der Waals surface area (Å²) >= 11 is 0.